The number of aromatic nitrogens is 1. The molecule has 0 radical (unpaired) electrons. The molecule has 0 fully saturated rings. The second-order valence-electron chi connectivity index (χ2n) is 5.26. The van der Waals surface area contributed by atoms with Gasteiger partial charge in [0.25, 0.3) is 0 Å². The van der Waals surface area contributed by atoms with Gasteiger partial charge < -0.3 is 10.5 Å². The van der Waals surface area contributed by atoms with Gasteiger partial charge in [-0.05, 0) is 43.2 Å². The SMILES string of the molecule is CC(N)Cc1ccc(Oc2cccc3cccnc23)cc1. The molecule has 0 aliphatic heterocycles. The van der Waals surface area contributed by atoms with E-state index in [-0.39, 0.29) is 6.04 Å². The Morgan fingerprint density at radius 2 is 1.81 bits per heavy atom. The van der Waals surface area contributed by atoms with Gasteiger partial charge in [-0.3, -0.25) is 4.98 Å². The lowest BCUT2D eigenvalue weighted by molar-refractivity contribution is 0.487. The second-order valence-corrected chi connectivity index (χ2v) is 5.26. The molecule has 0 bridgehead atoms. The molecule has 3 heteroatoms. The highest BCUT2D eigenvalue weighted by atomic mass is 16.5. The fourth-order valence-electron chi connectivity index (χ4n) is 2.35. The maximum Gasteiger partial charge on any atom is 0.153 e. The van der Waals surface area contributed by atoms with Crippen molar-refractivity contribution in [2.24, 2.45) is 5.73 Å². The van der Waals surface area contributed by atoms with Gasteiger partial charge in [0.2, 0.25) is 0 Å². The first-order valence-corrected chi connectivity index (χ1v) is 7.08. The molecule has 2 aromatic carbocycles. The minimum atomic E-state index is 0.166. The number of hydrogen-bond donors (Lipinski definition) is 1. The standard InChI is InChI=1S/C18H18N2O/c1-13(19)12-14-7-9-16(10-8-14)21-17-6-2-4-15-5-3-11-20-18(15)17/h2-11,13H,12,19H2,1H3. The van der Waals surface area contributed by atoms with Crippen molar-refractivity contribution in [3.63, 3.8) is 0 Å². The molecular formula is C18H18N2O. The molecule has 0 aliphatic carbocycles. The number of benzene rings is 2. The third-order valence-electron chi connectivity index (χ3n) is 3.30. The first-order chi connectivity index (χ1) is 10.2. The van der Waals surface area contributed by atoms with E-state index in [0.29, 0.717) is 0 Å². The van der Waals surface area contributed by atoms with E-state index in [4.69, 9.17) is 10.5 Å². The summed E-state index contributed by atoms with van der Waals surface area (Å²) < 4.78 is 5.96. The zero-order valence-electron chi connectivity index (χ0n) is 12.0. The minimum Gasteiger partial charge on any atom is -0.455 e. The van der Waals surface area contributed by atoms with Crippen molar-refractivity contribution in [3.05, 3.63) is 66.4 Å². The summed E-state index contributed by atoms with van der Waals surface area (Å²) in [6, 6.07) is 18.1. The monoisotopic (exact) mass is 278 g/mol. The molecule has 0 spiro atoms. The Morgan fingerprint density at radius 3 is 2.57 bits per heavy atom. The lowest BCUT2D eigenvalue weighted by Gasteiger charge is -2.09. The van der Waals surface area contributed by atoms with Crippen LogP contribution in [0.4, 0.5) is 0 Å². The number of nitrogens with zero attached hydrogens (tertiary/aromatic N) is 1. The highest BCUT2D eigenvalue weighted by molar-refractivity contribution is 5.84. The summed E-state index contributed by atoms with van der Waals surface area (Å²) in [5.41, 5.74) is 7.90. The van der Waals surface area contributed by atoms with Gasteiger partial charge in [0, 0.05) is 17.6 Å². The van der Waals surface area contributed by atoms with Gasteiger partial charge in [-0.25, -0.2) is 0 Å². The quantitative estimate of drug-likeness (QED) is 0.787. The summed E-state index contributed by atoms with van der Waals surface area (Å²) in [7, 11) is 0. The van der Waals surface area contributed by atoms with Crippen LogP contribution in [0.5, 0.6) is 11.5 Å². The smallest absolute Gasteiger partial charge is 0.153 e. The van der Waals surface area contributed by atoms with Crippen molar-refractivity contribution in [3.8, 4) is 11.5 Å². The summed E-state index contributed by atoms with van der Waals surface area (Å²) in [4.78, 5) is 4.39. The number of pyridine rings is 1. The van der Waals surface area contributed by atoms with Crippen LogP contribution in [-0.2, 0) is 6.42 Å². The number of nitrogens with two attached hydrogens (primary N) is 1. The maximum atomic E-state index is 5.96. The van der Waals surface area contributed by atoms with E-state index in [1.807, 2.05) is 49.4 Å². The summed E-state index contributed by atoms with van der Waals surface area (Å²) >= 11 is 0. The zero-order valence-corrected chi connectivity index (χ0v) is 12.0. The number of rotatable bonds is 4. The fourth-order valence-corrected chi connectivity index (χ4v) is 2.35. The molecule has 2 N–H and O–H groups in total. The van der Waals surface area contributed by atoms with Crippen LogP contribution in [0.15, 0.2) is 60.8 Å². The van der Waals surface area contributed by atoms with Crippen molar-refractivity contribution in [2.75, 3.05) is 0 Å². The molecule has 0 amide bonds. The van der Waals surface area contributed by atoms with E-state index in [1.165, 1.54) is 5.56 Å². The largest absolute Gasteiger partial charge is 0.455 e. The normalized spacial score (nSPS) is 12.3. The molecule has 0 aliphatic rings. The third-order valence-corrected chi connectivity index (χ3v) is 3.30. The molecule has 3 aromatic rings. The number of ether oxygens (including phenoxy) is 1. The molecule has 1 unspecified atom stereocenters. The van der Waals surface area contributed by atoms with Crippen LogP contribution in [0, 0.1) is 0 Å². The van der Waals surface area contributed by atoms with Crippen LogP contribution in [0.2, 0.25) is 0 Å². The van der Waals surface area contributed by atoms with Gasteiger partial charge in [0.1, 0.15) is 11.3 Å². The zero-order chi connectivity index (χ0) is 14.7. The predicted molar refractivity (Wildman–Crippen MR) is 85.6 cm³/mol. The molecule has 0 saturated carbocycles. The highest BCUT2D eigenvalue weighted by Gasteiger charge is 2.04. The molecule has 1 atom stereocenters. The minimum absolute atomic E-state index is 0.166. The molecular weight excluding hydrogens is 260 g/mol. The first kappa shape index (κ1) is 13.6. The van der Waals surface area contributed by atoms with Gasteiger partial charge in [0.05, 0.1) is 0 Å². The highest BCUT2D eigenvalue weighted by Crippen LogP contribution is 2.28. The Bertz CT molecular complexity index is 730. The van der Waals surface area contributed by atoms with Crippen molar-refractivity contribution in [2.45, 2.75) is 19.4 Å². The Hall–Kier alpha value is -2.39. The molecule has 1 heterocycles. The van der Waals surface area contributed by atoms with E-state index in [9.17, 15) is 0 Å². The fraction of sp³-hybridized carbons (Fsp3) is 0.167. The number of hydrogen-bond acceptors (Lipinski definition) is 3. The summed E-state index contributed by atoms with van der Waals surface area (Å²) in [6.45, 7) is 2.01. The van der Waals surface area contributed by atoms with E-state index >= 15 is 0 Å². The number of para-hydroxylation sites is 1. The molecule has 3 nitrogen and oxygen atoms in total. The summed E-state index contributed by atoms with van der Waals surface area (Å²) in [5.74, 6) is 1.58. The average Bonchev–Trinajstić information content (AvgIpc) is 2.49. The topological polar surface area (TPSA) is 48.1 Å². The average molecular weight is 278 g/mol. The van der Waals surface area contributed by atoms with Crippen molar-refractivity contribution in [1.29, 1.82) is 0 Å². The van der Waals surface area contributed by atoms with Crippen LogP contribution in [0.25, 0.3) is 10.9 Å². The van der Waals surface area contributed by atoms with Crippen LogP contribution in [-0.4, -0.2) is 11.0 Å². The first-order valence-electron chi connectivity index (χ1n) is 7.08. The maximum absolute atomic E-state index is 5.96. The van der Waals surface area contributed by atoms with E-state index < -0.39 is 0 Å². The second kappa shape index (κ2) is 5.94. The van der Waals surface area contributed by atoms with Crippen molar-refractivity contribution < 1.29 is 4.74 Å². The van der Waals surface area contributed by atoms with Gasteiger partial charge in [-0.2, -0.15) is 0 Å². The van der Waals surface area contributed by atoms with Gasteiger partial charge in [0.15, 0.2) is 5.75 Å². The Balaban J connectivity index is 1.85. The molecule has 106 valence electrons. The van der Waals surface area contributed by atoms with Crippen molar-refractivity contribution >= 4 is 10.9 Å². The molecule has 21 heavy (non-hydrogen) atoms. The molecule has 1 aromatic heterocycles. The molecule has 3 rings (SSSR count). The Kier molecular flexibility index (Phi) is 3.84. The van der Waals surface area contributed by atoms with E-state index in [1.54, 1.807) is 6.20 Å². The van der Waals surface area contributed by atoms with Gasteiger partial charge in [-0.15, -0.1) is 0 Å². The summed E-state index contributed by atoms with van der Waals surface area (Å²) in [5, 5.41) is 1.07. The third kappa shape index (κ3) is 3.20. The Morgan fingerprint density at radius 1 is 1.05 bits per heavy atom. The number of fused-ring (bicyclic) bond motifs is 1. The van der Waals surface area contributed by atoms with Gasteiger partial charge in [-0.1, -0.05) is 30.3 Å². The van der Waals surface area contributed by atoms with Gasteiger partial charge >= 0.3 is 0 Å². The summed E-state index contributed by atoms with van der Waals surface area (Å²) in [6.07, 6.45) is 2.65. The van der Waals surface area contributed by atoms with Crippen LogP contribution in [0.1, 0.15) is 12.5 Å². The lowest BCUT2D eigenvalue weighted by atomic mass is 10.1. The molecule has 0 saturated heterocycles. The van der Waals surface area contributed by atoms with E-state index in [2.05, 4.69) is 17.1 Å². The Labute approximate surface area is 124 Å². The lowest BCUT2D eigenvalue weighted by Crippen LogP contribution is -2.17. The van der Waals surface area contributed by atoms with Crippen LogP contribution >= 0.6 is 0 Å². The predicted octanol–water partition coefficient (Wildman–Crippen LogP) is 3.92. The van der Waals surface area contributed by atoms with Crippen LogP contribution in [0.3, 0.4) is 0 Å². The van der Waals surface area contributed by atoms with E-state index in [0.717, 1.165) is 28.8 Å². The van der Waals surface area contributed by atoms with Crippen molar-refractivity contribution in [1.82, 2.24) is 4.98 Å². The van der Waals surface area contributed by atoms with Crippen LogP contribution < -0.4 is 10.5 Å².